The van der Waals surface area contributed by atoms with Gasteiger partial charge in [0.25, 0.3) is 0 Å². The Hall–Kier alpha value is -3.10. The molecule has 3 aromatic rings. The van der Waals surface area contributed by atoms with Crippen molar-refractivity contribution in [1.29, 1.82) is 5.26 Å². The van der Waals surface area contributed by atoms with Gasteiger partial charge in [-0.1, -0.05) is 0 Å². The lowest BCUT2D eigenvalue weighted by Crippen LogP contribution is -2.33. The van der Waals surface area contributed by atoms with E-state index in [1.54, 1.807) is 0 Å². The molecule has 1 aliphatic carbocycles. The Balaban J connectivity index is 1.38. The SMILES string of the molecule is Cc1cc(N2CCC[C@H]2COCC2CC2)c2ccc(Nc3ccc(C#N)cc3)cc2n1. The van der Waals surface area contributed by atoms with Crippen LogP contribution in [0.25, 0.3) is 10.9 Å². The van der Waals surface area contributed by atoms with Gasteiger partial charge in [-0.2, -0.15) is 5.26 Å². The van der Waals surface area contributed by atoms with E-state index in [9.17, 15) is 0 Å². The van der Waals surface area contributed by atoms with Gasteiger partial charge in [-0.25, -0.2) is 0 Å². The van der Waals surface area contributed by atoms with Crippen LogP contribution in [0.3, 0.4) is 0 Å². The first-order valence-corrected chi connectivity index (χ1v) is 11.2. The first kappa shape index (κ1) is 19.8. The van der Waals surface area contributed by atoms with E-state index in [4.69, 9.17) is 15.0 Å². The molecule has 0 radical (unpaired) electrons. The summed E-state index contributed by atoms with van der Waals surface area (Å²) in [5.41, 5.74) is 5.91. The predicted molar refractivity (Wildman–Crippen MR) is 125 cm³/mol. The zero-order valence-electron chi connectivity index (χ0n) is 18.0. The lowest BCUT2D eigenvalue weighted by Gasteiger charge is -2.28. The highest BCUT2D eigenvalue weighted by molar-refractivity contribution is 5.94. The molecule has 31 heavy (non-hydrogen) atoms. The second-order valence-corrected chi connectivity index (χ2v) is 8.80. The molecule has 5 rings (SSSR count). The second-order valence-electron chi connectivity index (χ2n) is 8.80. The Morgan fingerprint density at radius 2 is 1.87 bits per heavy atom. The number of benzene rings is 2. The minimum absolute atomic E-state index is 0.445. The maximum Gasteiger partial charge on any atom is 0.0991 e. The summed E-state index contributed by atoms with van der Waals surface area (Å²) >= 11 is 0. The van der Waals surface area contributed by atoms with Gasteiger partial charge in [0.2, 0.25) is 0 Å². The number of aromatic nitrogens is 1. The van der Waals surface area contributed by atoms with Crippen LogP contribution >= 0.6 is 0 Å². The molecule has 1 saturated carbocycles. The first-order chi connectivity index (χ1) is 15.2. The molecule has 2 fully saturated rings. The highest BCUT2D eigenvalue weighted by atomic mass is 16.5. The average Bonchev–Trinajstić information content (AvgIpc) is 3.49. The molecule has 1 aromatic heterocycles. The standard InChI is InChI=1S/C26H28N4O/c1-18-13-26(30-12-2-3-23(30)17-31-16-20-4-5-20)24-11-10-22(14-25(24)28-18)29-21-8-6-19(15-27)7-9-21/h6-11,13-14,20,23,29H,2-5,12,16-17H2,1H3/t23-/m0/s1. The number of hydrogen-bond acceptors (Lipinski definition) is 5. The summed E-state index contributed by atoms with van der Waals surface area (Å²) in [6.07, 6.45) is 5.06. The van der Waals surface area contributed by atoms with E-state index in [1.807, 2.05) is 24.3 Å². The minimum Gasteiger partial charge on any atom is -0.379 e. The summed E-state index contributed by atoms with van der Waals surface area (Å²) in [5.74, 6) is 0.806. The predicted octanol–water partition coefficient (Wildman–Crippen LogP) is 5.55. The van der Waals surface area contributed by atoms with E-state index in [-0.39, 0.29) is 0 Å². The Morgan fingerprint density at radius 1 is 1.06 bits per heavy atom. The third-order valence-corrected chi connectivity index (χ3v) is 6.27. The molecular formula is C26H28N4O. The van der Waals surface area contributed by atoms with Crippen LogP contribution in [0, 0.1) is 24.2 Å². The van der Waals surface area contributed by atoms with Gasteiger partial charge in [-0.05, 0) is 87.1 Å². The number of nitrogens with zero attached hydrogens (tertiary/aromatic N) is 3. The van der Waals surface area contributed by atoms with E-state index in [0.29, 0.717) is 11.6 Å². The monoisotopic (exact) mass is 412 g/mol. The maximum atomic E-state index is 8.98. The van der Waals surface area contributed by atoms with Gasteiger partial charge in [0.15, 0.2) is 0 Å². The molecule has 0 amide bonds. The fraction of sp³-hybridized carbons (Fsp3) is 0.385. The smallest absolute Gasteiger partial charge is 0.0991 e. The minimum atomic E-state index is 0.445. The lowest BCUT2D eigenvalue weighted by atomic mass is 10.1. The molecule has 1 aliphatic heterocycles. The summed E-state index contributed by atoms with van der Waals surface area (Å²) in [6, 6.07) is 18.7. The zero-order valence-corrected chi connectivity index (χ0v) is 18.0. The summed E-state index contributed by atoms with van der Waals surface area (Å²) in [5, 5.41) is 13.6. The van der Waals surface area contributed by atoms with Gasteiger partial charge in [-0.15, -0.1) is 0 Å². The van der Waals surface area contributed by atoms with Crippen molar-refractivity contribution >= 4 is 28.0 Å². The quantitative estimate of drug-likeness (QED) is 0.551. The van der Waals surface area contributed by atoms with Gasteiger partial charge >= 0.3 is 0 Å². The number of nitrogens with one attached hydrogen (secondary N) is 1. The number of hydrogen-bond donors (Lipinski definition) is 1. The van der Waals surface area contributed by atoms with Gasteiger partial charge in [0.05, 0.1) is 29.8 Å². The topological polar surface area (TPSA) is 61.2 Å². The summed E-state index contributed by atoms with van der Waals surface area (Å²) in [6.45, 7) is 4.88. The molecule has 1 saturated heterocycles. The van der Waals surface area contributed by atoms with Crippen molar-refractivity contribution in [3.63, 3.8) is 0 Å². The van der Waals surface area contributed by atoms with E-state index in [2.05, 4.69) is 47.5 Å². The van der Waals surface area contributed by atoms with Crippen molar-refractivity contribution in [3.8, 4) is 6.07 Å². The molecule has 1 atom stereocenters. The molecule has 1 N–H and O–H groups in total. The maximum absolute atomic E-state index is 8.98. The molecule has 0 bridgehead atoms. The first-order valence-electron chi connectivity index (χ1n) is 11.2. The summed E-state index contributed by atoms with van der Waals surface area (Å²) < 4.78 is 6.05. The van der Waals surface area contributed by atoms with Crippen LogP contribution in [-0.2, 0) is 4.74 Å². The van der Waals surface area contributed by atoms with E-state index < -0.39 is 0 Å². The van der Waals surface area contributed by atoms with Crippen molar-refractivity contribution in [2.24, 2.45) is 5.92 Å². The van der Waals surface area contributed by atoms with Gasteiger partial charge in [0.1, 0.15) is 0 Å². The van der Waals surface area contributed by atoms with Crippen LogP contribution in [0.2, 0.25) is 0 Å². The van der Waals surface area contributed by atoms with Gasteiger partial charge in [-0.3, -0.25) is 4.98 Å². The third kappa shape index (κ3) is 4.50. The number of nitriles is 1. The van der Waals surface area contributed by atoms with Crippen molar-refractivity contribution in [2.45, 2.75) is 38.6 Å². The average molecular weight is 413 g/mol. The Kier molecular flexibility index (Phi) is 5.48. The molecule has 0 unspecified atom stereocenters. The molecule has 2 heterocycles. The fourth-order valence-corrected chi connectivity index (χ4v) is 4.43. The van der Waals surface area contributed by atoms with Crippen molar-refractivity contribution in [2.75, 3.05) is 30.0 Å². The third-order valence-electron chi connectivity index (χ3n) is 6.27. The van der Waals surface area contributed by atoms with Crippen molar-refractivity contribution in [3.05, 3.63) is 59.8 Å². The summed E-state index contributed by atoms with van der Waals surface area (Å²) in [4.78, 5) is 7.34. The summed E-state index contributed by atoms with van der Waals surface area (Å²) in [7, 11) is 0. The fourth-order valence-electron chi connectivity index (χ4n) is 4.43. The molecule has 2 aliphatic rings. The molecule has 5 nitrogen and oxygen atoms in total. The van der Waals surface area contributed by atoms with Crippen LogP contribution in [0.15, 0.2) is 48.5 Å². The van der Waals surface area contributed by atoms with E-state index >= 15 is 0 Å². The Bertz CT molecular complexity index is 1110. The van der Waals surface area contributed by atoms with E-state index in [0.717, 1.165) is 48.3 Å². The molecule has 158 valence electrons. The normalized spacial score (nSPS) is 18.3. The lowest BCUT2D eigenvalue weighted by molar-refractivity contribution is 0.112. The Morgan fingerprint density at radius 3 is 2.65 bits per heavy atom. The number of fused-ring (bicyclic) bond motifs is 1. The number of pyridine rings is 1. The van der Waals surface area contributed by atoms with Gasteiger partial charge in [0, 0.05) is 41.3 Å². The van der Waals surface area contributed by atoms with Gasteiger partial charge < -0.3 is 15.0 Å². The Labute approximate surface area is 183 Å². The van der Waals surface area contributed by atoms with E-state index in [1.165, 1.54) is 36.8 Å². The van der Waals surface area contributed by atoms with Crippen LogP contribution in [0.1, 0.15) is 36.9 Å². The van der Waals surface area contributed by atoms with Crippen LogP contribution < -0.4 is 10.2 Å². The number of anilines is 3. The molecule has 0 spiro atoms. The second kappa shape index (κ2) is 8.56. The zero-order chi connectivity index (χ0) is 21.2. The number of aryl methyl sites for hydroxylation is 1. The van der Waals surface area contributed by atoms with Crippen LogP contribution in [0.4, 0.5) is 17.1 Å². The number of rotatable bonds is 7. The highest BCUT2D eigenvalue weighted by Crippen LogP contribution is 2.35. The molecule has 5 heteroatoms. The van der Waals surface area contributed by atoms with Crippen molar-refractivity contribution in [1.82, 2.24) is 4.98 Å². The largest absolute Gasteiger partial charge is 0.379 e. The highest BCUT2D eigenvalue weighted by Gasteiger charge is 2.28. The van der Waals surface area contributed by atoms with Crippen LogP contribution in [-0.4, -0.2) is 30.8 Å². The molecular weight excluding hydrogens is 384 g/mol. The van der Waals surface area contributed by atoms with Crippen LogP contribution in [0.5, 0.6) is 0 Å². The molecule has 2 aromatic carbocycles. The number of ether oxygens (including phenoxy) is 1. The van der Waals surface area contributed by atoms with Crippen molar-refractivity contribution < 1.29 is 4.74 Å².